The molecule has 3 aromatic rings. The summed E-state index contributed by atoms with van der Waals surface area (Å²) in [4.78, 5) is 16.9. The highest BCUT2D eigenvalue weighted by Crippen LogP contribution is 2.22. The van der Waals surface area contributed by atoms with Gasteiger partial charge in [-0.1, -0.05) is 56.5 Å². The second kappa shape index (κ2) is 9.18. The van der Waals surface area contributed by atoms with E-state index in [1.807, 2.05) is 36.4 Å². The minimum Gasteiger partial charge on any atom is -0.356 e. The third-order valence-electron chi connectivity index (χ3n) is 4.57. The Hall–Kier alpha value is -2.62. The van der Waals surface area contributed by atoms with Gasteiger partial charge in [0.25, 0.3) is 0 Å². The molecule has 136 valence electrons. The van der Waals surface area contributed by atoms with Gasteiger partial charge in [0, 0.05) is 25.1 Å². The molecule has 1 heterocycles. The molecule has 0 saturated heterocycles. The first-order valence-corrected chi connectivity index (χ1v) is 9.58. The number of carbonyl (C=O) groups is 1. The van der Waals surface area contributed by atoms with Crippen molar-refractivity contribution in [2.24, 2.45) is 0 Å². The van der Waals surface area contributed by atoms with Crippen LogP contribution in [-0.4, -0.2) is 22.0 Å². The normalized spacial score (nSPS) is 11.0. The lowest BCUT2D eigenvalue weighted by Gasteiger charge is -2.09. The van der Waals surface area contributed by atoms with E-state index in [1.54, 1.807) is 0 Å². The van der Waals surface area contributed by atoms with E-state index in [-0.39, 0.29) is 5.91 Å². The minimum absolute atomic E-state index is 0.105. The first-order chi connectivity index (χ1) is 12.8. The van der Waals surface area contributed by atoms with E-state index >= 15 is 0 Å². The summed E-state index contributed by atoms with van der Waals surface area (Å²) in [5.41, 5.74) is 3.12. The summed E-state index contributed by atoms with van der Waals surface area (Å²) < 4.78 is 2.16. The second-order valence-corrected chi connectivity index (χ2v) is 6.60. The van der Waals surface area contributed by atoms with Crippen LogP contribution in [0.2, 0.25) is 0 Å². The van der Waals surface area contributed by atoms with Gasteiger partial charge in [-0.05, 0) is 30.7 Å². The lowest BCUT2D eigenvalue weighted by Crippen LogP contribution is -2.25. The van der Waals surface area contributed by atoms with E-state index in [1.165, 1.54) is 19.3 Å². The summed E-state index contributed by atoms with van der Waals surface area (Å²) in [5.74, 6) is 1.03. The van der Waals surface area contributed by atoms with Gasteiger partial charge in [-0.25, -0.2) is 4.98 Å². The molecule has 0 aliphatic heterocycles. The van der Waals surface area contributed by atoms with Crippen LogP contribution < -0.4 is 5.32 Å². The predicted octanol–water partition coefficient (Wildman–Crippen LogP) is 4.65. The second-order valence-electron chi connectivity index (χ2n) is 6.60. The standard InChI is InChI=1S/C22H27N3O/c1-2-3-4-10-17-23-22(26)16-15-21-24-19-13-8-9-14-20(19)25(21)18-11-6-5-7-12-18/h5-9,11-14H,2-4,10,15-17H2,1H3,(H,23,26). The van der Waals surface area contributed by atoms with Crippen molar-refractivity contribution >= 4 is 16.9 Å². The maximum absolute atomic E-state index is 12.2. The van der Waals surface area contributed by atoms with Gasteiger partial charge >= 0.3 is 0 Å². The lowest BCUT2D eigenvalue weighted by atomic mass is 10.2. The van der Waals surface area contributed by atoms with Gasteiger partial charge in [-0.15, -0.1) is 0 Å². The molecule has 1 N–H and O–H groups in total. The molecule has 0 saturated carbocycles. The average molecular weight is 349 g/mol. The molecule has 0 fully saturated rings. The highest BCUT2D eigenvalue weighted by molar-refractivity contribution is 5.79. The molecule has 0 aliphatic rings. The van der Waals surface area contributed by atoms with Crippen molar-refractivity contribution in [3.8, 4) is 5.69 Å². The van der Waals surface area contributed by atoms with Crippen molar-refractivity contribution in [2.45, 2.75) is 45.4 Å². The maximum Gasteiger partial charge on any atom is 0.220 e. The Morgan fingerprint density at radius 2 is 1.77 bits per heavy atom. The fraction of sp³-hybridized carbons (Fsp3) is 0.364. The number of hydrogen-bond acceptors (Lipinski definition) is 2. The van der Waals surface area contributed by atoms with Gasteiger partial charge in [0.05, 0.1) is 11.0 Å². The number of carbonyl (C=O) groups excluding carboxylic acids is 1. The topological polar surface area (TPSA) is 46.9 Å². The Labute approximate surface area is 155 Å². The fourth-order valence-electron chi connectivity index (χ4n) is 3.20. The van der Waals surface area contributed by atoms with Gasteiger partial charge in [0.2, 0.25) is 5.91 Å². The van der Waals surface area contributed by atoms with Crippen LogP contribution in [-0.2, 0) is 11.2 Å². The SMILES string of the molecule is CCCCCCNC(=O)CCc1nc2ccccc2n1-c1ccccc1. The van der Waals surface area contributed by atoms with Gasteiger partial charge in [0.15, 0.2) is 0 Å². The quantitative estimate of drug-likeness (QED) is 0.571. The summed E-state index contributed by atoms with van der Waals surface area (Å²) in [6.07, 6.45) is 5.78. The number of amides is 1. The van der Waals surface area contributed by atoms with E-state index in [0.29, 0.717) is 12.8 Å². The molecule has 26 heavy (non-hydrogen) atoms. The first kappa shape index (κ1) is 18.2. The smallest absolute Gasteiger partial charge is 0.220 e. The molecule has 0 unspecified atom stereocenters. The number of fused-ring (bicyclic) bond motifs is 1. The highest BCUT2D eigenvalue weighted by atomic mass is 16.1. The van der Waals surface area contributed by atoms with E-state index in [4.69, 9.17) is 4.98 Å². The van der Waals surface area contributed by atoms with Crippen LogP contribution in [0.3, 0.4) is 0 Å². The lowest BCUT2D eigenvalue weighted by molar-refractivity contribution is -0.121. The number of unbranched alkanes of at least 4 members (excludes halogenated alkanes) is 3. The fourth-order valence-corrected chi connectivity index (χ4v) is 3.20. The summed E-state index contributed by atoms with van der Waals surface area (Å²) in [6, 6.07) is 18.3. The zero-order chi connectivity index (χ0) is 18.2. The van der Waals surface area contributed by atoms with Crippen LogP contribution in [0.15, 0.2) is 54.6 Å². The Kier molecular flexibility index (Phi) is 6.42. The van der Waals surface area contributed by atoms with Crippen molar-refractivity contribution in [3.63, 3.8) is 0 Å². The number of aromatic nitrogens is 2. The van der Waals surface area contributed by atoms with E-state index < -0.39 is 0 Å². The molecule has 1 amide bonds. The van der Waals surface area contributed by atoms with Gasteiger partial charge in [-0.2, -0.15) is 0 Å². The summed E-state index contributed by atoms with van der Waals surface area (Å²) in [7, 11) is 0. The van der Waals surface area contributed by atoms with Crippen molar-refractivity contribution in [1.29, 1.82) is 0 Å². The predicted molar refractivity (Wildman–Crippen MR) is 107 cm³/mol. The number of imidazole rings is 1. The van der Waals surface area contributed by atoms with Crippen LogP contribution in [0, 0.1) is 0 Å². The minimum atomic E-state index is 0.105. The Balaban J connectivity index is 1.69. The molecular formula is C22H27N3O. The number of nitrogens with one attached hydrogen (secondary N) is 1. The van der Waals surface area contributed by atoms with Gasteiger partial charge < -0.3 is 5.32 Å². The van der Waals surface area contributed by atoms with Crippen molar-refractivity contribution in [2.75, 3.05) is 6.54 Å². The molecule has 0 aliphatic carbocycles. The number of nitrogens with zero attached hydrogens (tertiary/aromatic N) is 2. The zero-order valence-electron chi connectivity index (χ0n) is 15.4. The van der Waals surface area contributed by atoms with Crippen molar-refractivity contribution in [1.82, 2.24) is 14.9 Å². The molecule has 4 heteroatoms. The molecule has 0 bridgehead atoms. The summed E-state index contributed by atoms with van der Waals surface area (Å²) in [5, 5.41) is 3.03. The molecule has 3 rings (SSSR count). The largest absolute Gasteiger partial charge is 0.356 e. The zero-order valence-corrected chi connectivity index (χ0v) is 15.4. The van der Waals surface area contributed by atoms with Gasteiger partial charge in [-0.3, -0.25) is 9.36 Å². The molecule has 0 spiro atoms. The Bertz CT molecular complexity index is 839. The Morgan fingerprint density at radius 3 is 2.58 bits per heavy atom. The van der Waals surface area contributed by atoms with Crippen LogP contribution in [0.5, 0.6) is 0 Å². The highest BCUT2D eigenvalue weighted by Gasteiger charge is 2.13. The van der Waals surface area contributed by atoms with Crippen LogP contribution >= 0.6 is 0 Å². The number of benzene rings is 2. The molecular weight excluding hydrogens is 322 g/mol. The number of para-hydroxylation sites is 3. The van der Waals surface area contributed by atoms with Gasteiger partial charge in [0.1, 0.15) is 5.82 Å². The van der Waals surface area contributed by atoms with E-state index in [2.05, 4.69) is 35.0 Å². The molecule has 2 aromatic carbocycles. The number of rotatable bonds is 9. The average Bonchev–Trinajstić information content (AvgIpc) is 3.05. The molecule has 0 atom stereocenters. The third-order valence-corrected chi connectivity index (χ3v) is 4.57. The molecule has 4 nitrogen and oxygen atoms in total. The molecule has 1 aromatic heterocycles. The monoisotopic (exact) mass is 349 g/mol. The number of hydrogen-bond donors (Lipinski definition) is 1. The van der Waals surface area contributed by atoms with E-state index in [9.17, 15) is 4.79 Å². The maximum atomic E-state index is 12.2. The summed E-state index contributed by atoms with van der Waals surface area (Å²) in [6.45, 7) is 2.96. The van der Waals surface area contributed by atoms with Crippen LogP contribution in [0.4, 0.5) is 0 Å². The van der Waals surface area contributed by atoms with Crippen LogP contribution in [0.25, 0.3) is 16.7 Å². The third kappa shape index (κ3) is 4.51. The van der Waals surface area contributed by atoms with Crippen LogP contribution in [0.1, 0.15) is 44.9 Å². The molecule has 0 radical (unpaired) electrons. The van der Waals surface area contributed by atoms with Crippen molar-refractivity contribution < 1.29 is 4.79 Å². The number of aryl methyl sites for hydroxylation is 1. The Morgan fingerprint density at radius 1 is 1.00 bits per heavy atom. The van der Waals surface area contributed by atoms with Crippen molar-refractivity contribution in [3.05, 3.63) is 60.4 Å². The summed E-state index contributed by atoms with van der Waals surface area (Å²) >= 11 is 0. The van der Waals surface area contributed by atoms with E-state index in [0.717, 1.165) is 35.5 Å². The first-order valence-electron chi connectivity index (χ1n) is 9.58.